The highest BCUT2D eigenvalue weighted by molar-refractivity contribution is 5.49. The minimum absolute atomic E-state index is 0.866. The van der Waals surface area contributed by atoms with Crippen molar-refractivity contribution >= 4 is 0 Å². The van der Waals surface area contributed by atoms with Gasteiger partial charge in [0.05, 0.1) is 18.5 Å². The minimum Gasteiger partial charge on any atom is -0.495 e. The summed E-state index contributed by atoms with van der Waals surface area (Å²) >= 11 is 0. The van der Waals surface area contributed by atoms with Crippen molar-refractivity contribution in [2.75, 3.05) is 13.7 Å². The average Bonchev–Trinajstić information content (AvgIpc) is 2.85. The molecule has 0 fully saturated rings. The second kappa shape index (κ2) is 5.05. The second-order valence-electron chi connectivity index (χ2n) is 4.71. The molecule has 2 aromatic rings. The van der Waals surface area contributed by atoms with Gasteiger partial charge in [-0.05, 0) is 12.1 Å². The lowest BCUT2D eigenvalue weighted by molar-refractivity contribution is 0.412. The summed E-state index contributed by atoms with van der Waals surface area (Å²) in [6, 6.07) is 8.15. The zero-order valence-electron chi connectivity index (χ0n) is 11.4. The van der Waals surface area contributed by atoms with Gasteiger partial charge in [0.15, 0.2) is 0 Å². The molecule has 0 saturated carbocycles. The number of nitrogens with one attached hydrogen (secondary N) is 1. The number of para-hydroxylation sites is 2. The molecule has 4 heteroatoms. The maximum atomic E-state index is 5.50. The summed E-state index contributed by atoms with van der Waals surface area (Å²) in [5.41, 5.74) is 3.59. The second-order valence-corrected chi connectivity index (χ2v) is 4.71. The van der Waals surface area contributed by atoms with Gasteiger partial charge in [-0.15, -0.1) is 0 Å². The van der Waals surface area contributed by atoms with Crippen LogP contribution in [0.15, 0.2) is 24.3 Å². The number of imidazole rings is 1. The third-order valence-electron chi connectivity index (χ3n) is 3.60. The Balaban J connectivity index is 2.20. The van der Waals surface area contributed by atoms with Gasteiger partial charge in [-0.1, -0.05) is 19.1 Å². The van der Waals surface area contributed by atoms with Crippen LogP contribution < -0.4 is 10.1 Å². The van der Waals surface area contributed by atoms with E-state index in [4.69, 9.17) is 9.72 Å². The fourth-order valence-electron chi connectivity index (χ4n) is 2.70. The van der Waals surface area contributed by atoms with Gasteiger partial charge >= 0.3 is 0 Å². The normalized spacial score (nSPS) is 14.2. The highest BCUT2D eigenvalue weighted by Crippen LogP contribution is 2.28. The van der Waals surface area contributed by atoms with E-state index in [9.17, 15) is 0 Å². The molecule has 0 spiro atoms. The molecule has 100 valence electrons. The van der Waals surface area contributed by atoms with Gasteiger partial charge in [0.1, 0.15) is 11.6 Å². The number of methoxy groups -OCH3 is 1. The lowest BCUT2D eigenvalue weighted by atomic mass is 10.1. The highest BCUT2D eigenvalue weighted by atomic mass is 16.5. The molecule has 1 aliphatic rings. The van der Waals surface area contributed by atoms with Gasteiger partial charge < -0.3 is 10.1 Å². The Kier molecular flexibility index (Phi) is 3.25. The molecule has 1 N–H and O–H groups in total. The maximum Gasteiger partial charge on any atom is 0.142 e. The van der Waals surface area contributed by atoms with Crippen LogP contribution >= 0.6 is 0 Å². The van der Waals surface area contributed by atoms with Crippen LogP contribution in [0, 0.1) is 0 Å². The smallest absolute Gasteiger partial charge is 0.142 e. The van der Waals surface area contributed by atoms with E-state index in [-0.39, 0.29) is 0 Å². The van der Waals surface area contributed by atoms with Crippen molar-refractivity contribution in [3.8, 4) is 11.4 Å². The Morgan fingerprint density at radius 3 is 3.00 bits per heavy atom. The number of hydrogen-bond donors (Lipinski definition) is 1. The molecular formula is C15H19N3O. The number of rotatable bonds is 3. The van der Waals surface area contributed by atoms with Crippen molar-refractivity contribution in [3.63, 3.8) is 0 Å². The lowest BCUT2D eigenvalue weighted by Crippen LogP contribution is -2.24. The van der Waals surface area contributed by atoms with E-state index in [0.717, 1.165) is 43.2 Å². The largest absolute Gasteiger partial charge is 0.495 e. The first kappa shape index (κ1) is 12.2. The summed E-state index contributed by atoms with van der Waals surface area (Å²) < 4.78 is 7.77. The molecule has 0 radical (unpaired) electrons. The molecule has 19 heavy (non-hydrogen) atoms. The molecule has 0 aliphatic carbocycles. The predicted octanol–water partition coefficient (Wildman–Crippen LogP) is 2.09. The third-order valence-corrected chi connectivity index (χ3v) is 3.60. The van der Waals surface area contributed by atoms with Crippen molar-refractivity contribution in [3.05, 3.63) is 41.5 Å². The molecule has 0 saturated heterocycles. The standard InChI is InChI=1S/C15H19N3O/c1-3-15-17-11-10-16-9-8-12(11)18(15)13-6-4-5-7-14(13)19-2/h4-7,16H,3,8-10H2,1-2H3. The monoisotopic (exact) mass is 257 g/mol. The van der Waals surface area contributed by atoms with Crippen molar-refractivity contribution in [2.45, 2.75) is 26.3 Å². The van der Waals surface area contributed by atoms with Crippen molar-refractivity contribution < 1.29 is 4.74 Å². The first-order valence-corrected chi connectivity index (χ1v) is 6.78. The summed E-state index contributed by atoms with van der Waals surface area (Å²) in [7, 11) is 1.72. The number of ether oxygens (including phenoxy) is 1. The van der Waals surface area contributed by atoms with Crippen LogP contribution in [0.5, 0.6) is 5.75 Å². The SMILES string of the molecule is CCc1nc2c(n1-c1ccccc1OC)CCNC2. The van der Waals surface area contributed by atoms with Crippen molar-refractivity contribution in [1.82, 2.24) is 14.9 Å². The van der Waals surface area contributed by atoms with Gasteiger partial charge in [0.25, 0.3) is 0 Å². The van der Waals surface area contributed by atoms with Crippen LogP contribution in [-0.4, -0.2) is 23.2 Å². The minimum atomic E-state index is 0.866. The number of nitrogens with zero attached hydrogens (tertiary/aromatic N) is 2. The number of aromatic nitrogens is 2. The van der Waals surface area contributed by atoms with Crippen LogP contribution in [0.1, 0.15) is 24.1 Å². The molecule has 4 nitrogen and oxygen atoms in total. The maximum absolute atomic E-state index is 5.50. The Morgan fingerprint density at radius 1 is 1.37 bits per heavy atom. The molecular weight excluding hydrogens is 238 g/mol. The quantitative estimate of drug-likeness (QED) is 0.915. The summed E-state index contributed by atoms with van der Waals surface area (Å²) in [6.45, 7) is 4.02. The van der Waals surface area contributed by atoms with E-state index in [2.05, 4.69) is 22.9 Å². The Hall–Kier alpha value is -1.81. The van der Waals surface area contributed by atoms with Crippen LogP contribution in [0.4, 0.5) is 0 Å². The van der Waals surface area contributed by atoms with Crippen molar-refractivity contribution in [1.29, 1.82) is 0 Å². The van der Waals surface area contributed by atoms with E-state index in [1.807, 2.05) is 18.2 Å². The topological polar surface area (TPSA) is 39.1 Å². The Morgan fingerprint density at radius 2 is 2.21 bits per heavy atom. The molecule has 1 aromatic heterocycles. The van der Waals surface area contributed by atoms with E-state index in [1.54, 1.807) is 7.11 Å². The van der Waals surface area contributed by atoms with Gasteiger partial charge in [-0.3, -0.25) is 4.57 Å². The Labute approximate surface area is 113 Å². The molecule has 0 bridgehead atoms. The average molecular weight is 257 g/mol. The fraction of sp³-hybridized carbons (Fsp3) is 0.400. The van der Waals surface area contributed by atoms with Crippen LogP contribution in [0.25, 0.3) is 5.69 Å². The fourth-order valence-corrected chi connectivity index (χ4v) is 2.70. The zero-order valence-corrected chi connectivity index (χ0v) is 11.4. The summed E-state index contributed by atoms with van der Waals surface area (Å²) in [5.74, 6) is 2.01. The van der Waals surface area contributed by atoms with Gasteiger partial charge in [-0.2, -0.15) is 0 Å². The summed E-state index contributed by atoms with van der Waals surface area (Å²) in [4.78, 5) is 4.77. The summed E-state index contributed by atoms with van der Waals surface area (Å²) in [6.07, 6.45) is 1.94. The van der Waals surface area contributed by atoms with E-state index >= 15 is 0 Å². The van der Waals surface area contributed by atoms with Crippen LogP contribution in [0.3, 0.4) is 0 Å². The molecule has 0 amide bonds. The van der Waals surface area contributed by atoms with Gasteiger partial charge in [0.2, 0.25) is 0 Å². The Bertz CT molecular complexity index is 589. The zero-order chi connectivity index (χ0) is 13.2. The number of fused-ring (bicyclic) bond motifs is 1. The first-order chi connectivity index (χ1) is 9.35. The van der Waals surface area contributed by atoms with E-state index < -0.39 is 0 Å². The van der Waals surface area contributed by atoms with E-state index in [1.165, 1.54) is 11.4 Å². The number of hydrogen-bond acceptors (Lipinski definition) is 3. The molecule has 0 atom stereocenters. The molecule has 1 aromatic carbocycles. The molecule has 0 unspecified atom stereocenters. The lowest BCUT2D eigenvalue weighted by Gasteiger charge is -2.18. The highest BCUT2D eigenvalue weighted by Gasteiger charge is 2.21. The van der Waals surface area contributed by atoms with Gasteiger partial charge in [0, 0.05) is 31.6 Å². The molecule has 1 aliphatic heterocycles. The third kappa shape index (κ3) is 2.02. The van der Waals surface area contributed by atoms with Crippen LogP contribution in [-0.2, 0) is 19.4 Å². The first-order valence-electron chi connectivity index (χ1n) is 6.78. The van der Waals surface area contributed by atoms with Crippen molar-refractivity contribution in [2.24, 2.45) is 0 Å². The van der Waals surface area contributed by atoms with Crippen LogP contribution in [0.2, 0.25) is 0 Å². The summed E-state index contributed by atoms with van der Waals surface area (Å²) in [5, 5.41) is 3.38. The van der Waals surface area contributed by atoms with Gasteiger partial charge in [-0.25, -0.2) is 4.98 Å². The molecule has 3 rings (SSSR count). The number of benzene rings is 1. The predicted molar refractivity (Wildman–Crippen MR) is 74.9 cm³/mol. The molecule has 2 heterocycles. The number of aryl methyl sites for hydroxylation is 1. The van der Waals surface area contributed by atoms with E-state index in [0.29, 0.717) is 0 Å².